The lowest BCUT2D eigenvalue weighted by Crippen LogP contribution is -2.54. The van der Waals surface area contributed by atoms with Gasteiger partial charge in [0.15, 0.2) is 0 Å². The molecule has 1 spiro atoms. The number of carbonyl (C=O) groups is 2. The summed E-state index contributed by atoms with van der Waals surface area (Å²) in [5.41, 5.74) is 0.232. The molecule has 3 amide bonds. The molecule has 3 aliphatic heterocycles. The number of carbonyl (C=O) groups excluding carboxylic acids is 2. The van der Waals surface area contributed by atoms with Crippen molar-refractivity contribution in [2.45, 2.75) is 24.9 Å². The van der Waals surface area contributed by atoms with Gasteiger partial charge in [0.05, 0.1) is 5.56 Å². The number of rotatable bonds is 2. The quantitative estimate of drug-likeness (QED) is 0.806. The summed E-state index contributed by atoms with van der Waals surface area (Å²) in [5.74, 6) is 0.294. The first-order chi connectivity index (χ1) is 13.2. The fraction of sp³-hybridized carbons (Fsp3) is 0.579. The lowest BCUT2D eigenvalue weighted by atomic mass is 9.81. The number of amides is 3. The average Bonchev–Trinajstić information content (AvgIpc) is 3.17. The Kier molecular flexibility index (Phi) is 4.43. The highest BCUT2D eigenvalue weighted by atomic mass is 19.4. The molecule has 0 saturated carbocycles. The molecule has 0 aliphatic carbocycles. The van der Waals surface area contributed by atoms with Crippen molar-refractivity contribution in [2.75, 3.05) is 44.6 Å². The molecular weight excluding hydrogens is 373 g/mol. The number of anilines is 1. The van der Waals surface area contributed by atoms with Gasteiger partial charge in [0, 0.05) is 63.2 Å². The van der Waals surface area contributed by atoms with Gasteiger partial charge in [0.25, 0.3) is 0 Å². The van der Waals surface area contributed by atoms with Crippen LogP contribution in [0.15, 0.2) is 18.2 Å². The molecule has 9 heteroatoms. The Balaban J connectivity index is 1.38. The lowest BCUT2D eigenvalue weighted by Gasteiger charge is -2.38. The molecule has 0 radical (unpaired) electrons. The van der Waals surface area contributed by atoms with Gasteiger partial charge < -0.3 is 20.4 Å². The van der Waals surface area contributed by atoms with E-state index in [4.69, 9.17) is 0 Å². The van der Waals surface area contributed by atoms with Crippen LogP contribution in [0.5, 0.6) is 0 Å². The standard InChI is InChI=1S/C19H23F3N4O2/c1-12(27)26-8-13(9-26)7-23-17(28)25-5-4-18(11-25)10-24-16-3-2-14(6-15(16)18)19(20,21)22/h2-3,6,13,24H,4-5,7-11H2,1H3,(H,23,28). The molecule has 2 fully saturated rings. The number of halogens is 3. The Morgan fingerprint density at radius 1 is 1.29 bits per heavy atom. The molecule has 2 N–H and O–H groups in total. The van der Waals surface area contributed by atoms with Crippen molar-refractivity contribution in [3.05, 3.63) is 29.3 Å². The van der Waals surface area contributed by atoms with E-state index in [0.717, 1.165) is 6.07 Å². The van der Waals surface area contributed by atoms with Gasteiger partial charge in [0.1, 0.15) is 0 Å². The second-order valence-electron chi connectivity index (χ2n) is 8.04. The van der Waals surface area contributed by atoms with Crippen LogP contribution in [0.3, 0.4) is 0 Å². The number of benzene rings is 1. The second kappa shape index (κ2) is 6.56. The topological polar surface area (TPSA) is 64.7 Å². The zero-order valence-electron chi connectivity index (χ0n) is 15.6. The van der Waals surface area contributed by atoms with Gasteiger partial charge in [-0.05, 0) is 30.2 Å². The van der Waals surface area contributed by atoms with Gasteiger partial charge in [-0.2, -0.15) is 13.2 Å². The van der Waals surface area contributed by atoms with Crippen LogP contribution in [0, 0.1) is 5.92 Å². The number of likely N-dealkylation sites (tertiary alicyclic amines) is 2. The van der Waals surface area contributed by atoms with Crippen molar-refractivity contribution >= 4 is 17.6 Å². The third-order valence-electron chi connectivity index (χ3n) is 6.12. The largest absolute Gasteiger partial charge is 0.416 e. The molecule has 2 saturated heterocycles. The maximum Gasteiger partial charge on any atom is 0.416 e. The summed E-state index contributed by atoms with van der Waals surface area (Å²) in [5, 5.41) is 6.09. The summed E-state index contributed by atoms with van der Waals surface area (Å²) in [6, 6.07) is 3.60. The van der Waals surface area contributed by atoms with Crippen LogP contribution in [0.1, 0.15) is 24.5 Å². The Labute approximate surface area is 161 Å². The normalized spacial score (nSPS) is 24.1. The molecular formula is C19H23F3N4O2. The number of hydrogen-bond acceptors (Lipinski definition) is 3. The molecule has 3 aliphatic rings. The molecule has 6 nitrogen and oxygen atoms in total. The van der Waals surface area contributed by atoms with Gasteiger partial charge in [-0.3, -0.25) is 4.79 Å². The minimum absolute atomic E-state index is 0.0367. The van der Waals surface area contributed by atoms with E-state index in [2.05, 4.69) is 10.6 Å². The zero-order chi connectivity index (χ0) is 20.1. The summed E-state index contributed by atoms with van der Waals surface area (Å²) in [6.45, 7) is 4.75. The monoisotopic (exact) mass is 396 g/mol. The van der Waals surface area contributed by atoms with Crippen molar-refractivity contribution in [3.8, 4) is 0 Å². The number of nitrogens with zero attached hydrogens (tertiary/aromatic N) is 2. The van der Waals surface area contributed by atoms with Gasteiger partial charge in [-0.1, -0.05) is 0 Å². The van der Waals surface area contributed by atoms with Crippen LogP contribution in [-0.2, 0) is 16.4 Å². The molecule has 0 bridgehead atoms. The number of hydrogen-bond donors (Lipinski definition) is 2. The van der Waals surface area contributed by atoms with E-state index in [-0.39, 0.29) is 17.9 Å². The fourth-order valence-electron chi connectivity index (χ4n) is 4.38. The first-order valence-electron chi connectivity index (χ1n) is 9.42. The molecule has 152 valence electrons. The molecule has 28 heavy (non-hydrogen) atoms. The molecule has 3 heterocycles. The molecule has 0 aromatic heterocycles. The van der Waals surface area contributed by atoms with Crippen molar-refractivity contribution in [1.82, 2.24) is 15.1 Å². The molecule has 1 atom stereocenters. The maximum atomic E-state index is 13.1. The van der Waals surface area contributed by atoms with E-state index in [9.17, 15) is 22.8 Å². The van der Waals surface area contributed by atoms with E-state index in [1.807, 2.05) is 0 Å². The van der Waals surface area contributed by atoms with E-state index < -0.39 is 17.2 Å². The maximum absolute atomic E-state index is 13.1. The summed E-state index contributed by atoms with van der Waals surface area (Å²) in [4.78, 5) is 27.1. The minimum atomic E-state index is -4.38. The van der Waals surface area contributed by atoms with Gasteiger partial charge >= 0.3 is 12.2 Å². The highest BCUT2D eigenvalue weighted by Gasteiger charge is 2.47. The van der Waals surface area contributed by atoms with Crippen LogP contribution < -0.4 is 10.6 Å². The van der Waals surface area contributed by atoms with Crippen LogP contribution in [0.2, 0.25) is 0 Å². The second-order valence-corrected chi connectivity index (χ2v) is 8.04. The lowest BCUT2D eigenvalue weighted by molar-refractivity contribution is -0.137. The number of alkyl halides is 3. The first-order valence-corrected chi connectivity index (χ1v) is 9.42. The van der Waals surface area contributed by atoms with Crippen LogP contribution in [-0.4, -0.2) is 61.0 Å². The third-order valence-corrected chi connectivity index (χ3v) is 6.12. The van der Waals surface area contributed by atoms with Crippen molar-refractivity contribution < 1.29 is 22.8 Å². The van der Waals surface area contributed by atoms with Gasteiger partial charge in [0.2, 0.25) is 5.91 Å². The first kappa shape index (κ1) is 18.9. The highest BCUT2D eigenvalue weighted by Crippen LogP contribution is 2.45. The Morgan fingerprint density at radius 3 is 2.71 bits per heavy atom. The zero-order valence-corrected chi connectivity index (χ0v) is 15.6. The Hall–Kier alpha value is -2.45. The third kappa shape index (κ3) is 3.27. The predicted octanol–water partition coefficient (Wildman–Crippen LogP) is 2.26. The molecule has 1 unspecified atom stereocenters. The van der Waals surface area contributed by atoms with Crippen LogP contribution >= 0.6 is 0 Å². The average molecular weight is 396 g/mol. The van der Waals surface area contributed by atoms with E-state index in [1.54, 1.807) is 9.80 Å². The van der Waals surface area contributed by atoms with Crippen LogP contribution in [0.25, 0.3) is 0 Å². The van der Waals surface area contributed by atoms with E-state index in [1.165, 1.54) is 19.1 Å². The predicted molar refractivity (Wildman–Crippen MR) is 96.9 cm³/mol. The SMILES string of the molecule is CC(=O)N1CC(CNC(=O)N2CCC3(CNc4ccc(C(F)(F)F)cc43)C2)C1. The van der Waals surface area contributed by atoms with E-state index in [0.29, 0.717) is 56.9 Å². The highest BCUT2D eigenvalue weighted by molar-refractivity contribution is 5.76. The number of nitrogens with one attached hydrogen (secondary N) is 2. The van der Waals surface area contributed by atoms with Gasteiger partial charge in [-0.25, -0.2) is 4.79 Å². The smallest absolute Gasteiger partial charge is 0.384 e. The fourth-order valence-corrected chi connectivity index (χ4v) is 4.38. The number of urea groups is 1. The van der Waals surface area contributed by atoms with E-state index >= 15 is 0 Å². The molecule has 1 aromatic carbocycles. The van der Waals surface area contributed by atoms with Crippen LogP contribution in [0.4, 0.5) is 23.7 Å². The number of fused-ring (bicyclic) bond motifs is 2. The summed E-state index contributed by atoms with van der Waals surface area (Å²) in [6.07, 6.45) is -3.76. The molecule has 1 aromatic rings. The van der Waals surface area contributed by atoms with Crippen molar-refractivity contribution in [3.63, 3.8) is 0 Å². The summed E-state index contributed by atoms with van der Waals surface area (Å²) < 4.78 is 39.3. The molecule has 4 rings (SSSR count). The minimum Gasteiger partial charge on any atom is -0.384 e. The van der Waals surface area contributed by atoms with Gasteiger partial charge in [-0.15, -0.1) is 0 Å². The Bertz CT molecular complexity index is 807. The Morgan fingerprint density at radius 2 is 2.04 bits per heavy atom. The summed E-state index contributed by atoms with van der Waals surface area (Å²) >= 11 is 0. The van der Waals surface area contributed by atoms with Crippen molar-refractivity contribution in [1.29, 1.82) is 0 Å². The van der Waals surface area contributed by atoms with Crippen molar-refractivity contribution in [2.24, 2.45) is 5.92 Å². The summed E-state index contributed by atoms with van der Waals surface area (Å²) in [7, 11) is 0.